The average Bonchev–Trinajstić information content (AvgIpc) is 2.81. The lowest BCUT2D eigenvalue weighted by molar-refractivity contribution is -0.133. The number of aromatic nitrogens is 1. The van der Waals surface area contributed by atoms with E-state index in [1.807, 2.05) is 12.1 Å². The molecule has 1 amide bonds. The number of carbonyl (C=O) groups is 1. The van der Waals surface area contributed by atoms with Crippen LogP contribution in [0.1, 0.15) is 31.2 Å². The van der Waals surface area contributed by atoms with E-state index in [4.69, 9.17) is 5.11 Å². The quantitative estimate of drug-likeness (QED) is 0.899. The van der Waals surface area contributed by atoms with E-state index in [1.54, 1.807) is 12.4 Å². The third-order valence-corrected chi connectivity index (χ3v) is 4.97. The number of nitrogens with zero attached hydrogens (tertiary/aromatic N) is 3. The predicted molar refractivity (Wildman–Crippen MR) is 79.5 cm³/mol. The highest BCUT2D eigenvalue weighted by Gasteiger charge is 2.46. The Labute approximate surface area is 125 Å². The average molecular weight is 289 g/mol. The van der Waals surface area contributed by atoms with E-state index >= 15 is 0 Å². The molecular formula is C16H23N3O2. The number of aliphatic hydroxyl groups is 1. The fourth-order valence-electron chi connectivity index (χ4n) is 3.65. The van der Waals surface area contributed by atoms with Gasteiger partial charge < -0.3 is 14.9 Å². The smallest absolute Gasteiger partial charge is 0.223 e. The largest absolute Gasteiger partial charge is 0.395 e. The summed E-state index contributed by atoms with van der Waals surface area (Å²) in [5, 5.41) is 9.05. The highest BCUT2D eigenvalue weighted by atomic mass is 16.3. The lowest BCUT2D eigenvalue weighted by Crippen LogP contribution is -2.53. The van der Waals surface area contributed by atoms with Crippen molar-refractivity contribution in [3.05, 3.63) is 30.1 Å². The first kappa shape index (κ1) is 14.5. The lowest BCUT2D eigenvalue weighted by atomic mass is 9.84. The minimum Gasteiger partial charge on any atom is -0.395 e. The Morgan fingerprint density at radius 3 is 2.57 bits per heavy atom. The number of aliphatic hydroxyl groups excluding tert-OH is 1. The molecular weight excluding hydrogens is 266 g/mol. The van der Waals surface area contributed by atoms with Crippen molar-refractivity contribution < 1.29 is 9.90 Å². The SMILES string of the molecule is O=C1CCC2(CCN(CCO)CC2)N1Cc1ccncc1. The predicted octanol–water partition coefficient (Wildman–Crippen LogP) is 1.03. The zero-order valence-corrected chi connectivity index (χ0v) is 12.4. The van der Waals surface area contributed by atoms with E-state index in [9.17, 15) is 4.79 Å². The fraction of sp³-hybridized carbons (Fsp3) is 0.625. The van der Waals surface area contributed by atoms with Gasteiger partial charge >= 0.3 is 0 Å². The summed E-state index contributed by atoms with van der Waals surface area (Å²) in [6.45, 7) is 3.60. The van der Waals surface area contributed by atoms with E-state index < -0.39 is 0 Å². The molecule has 0 aliphatic carbocycles. The summed E-state index contributed by atoms with van der Waals surface area (Å²) in [6.07, 6.45) is 7.25. The second-order valence-electron chi connectivity index (χ2n) is 6.12. The van der Waals surface area contributed by atoms with E-state index in [0.717, 1.165) is 44.5 Å². The molecule has 21 heavy (non-hydrogen) atoms. The molecule has 1 aromatic heterocycles. The van der Waals surface area contributed by atoms with E-state index in [-0.39, 0.29) is 18.1 Å². The molecule has 2 aliphatic rings. The van der Waals surface area contributed by atoms with Gasteiger partial charge in [-0.1, -0.05) is 0 Å². The number of piperidine rings is 1. The van der Waals surface area contributed by atoms with Gasteiger partial charge in [0.2, 0.25) is 5.91 Å². The van der Waals surface area contributed by atoms with E-state index in [1.165, 1.54) is 0 Å². The zero-order valence-electron chi connectivity index (χ0n) is 12.4. The maximum Gasteiger partial charge on any atom is 0.223 e. The first-order valence-electron chi connectivity index (χ1n) is 7.76. The zero-order chi connectivity index (χ0) is 14.7. The Kier molecular flexibility index (Phi) is 4.22. The maximum atomic E-state index is 12.3. The van der Waals surface area contributed by atoms with Gasteiger partial charge in [0.05, 0.1) is 6.61 Å². The summed E-state index contributed by atoms with van der Waals surface area (Å²) in [5.74, 6) is 0.280. The second-order valence-corrected chi connectivity index (χ2v) is 6.12. The molecule has 3 heterocycles. The van der Waals surface area contributed by atoms with Crippen molar-refractivity contribution in [1.82, 2.24) is 14.8 Å². The molecule has 1 aromatic rings. The summed E-state index contributed by atoms with van der Waals surface area (Å²) >= 11 is 0. The molecule has 0 bridgehead atoms. The summed E-state index contributed by atoms with van der Waals surface area (Å²) in [4.78, 5) is 20.7. The van der Waals surface area contributed by atoms with Crippen molar-refractivity contribution in [2.45, 2.75) is 37.8 Å². The van der Waals surface area contributed by atoms with Crippen LogP contribution >= 0.6 is 0 Å². The van der Waals surface area contributed by atoms with Crippen molar-refractivity contribution in [2.75, 3.05) is 26.2 Å². The number of carbonyl (C=O) groups excluding carboxylic acids is 1. The third-order valence-electron chi connectivity index (χ3n) is 4.97. The molecule has 114 valence electrons. The number of amides is 1. The number of rotatable bonds is 4. The number of likely N-dealkylation sites (tertiary alicyclic amines) is 2. The van der Waals surface area contributed by atoms with Gasteiger partial charge in [0.1, 0.15) is 0 Å². The molecule has 0 unspecified atom stereocenters. The molecule has 0 aromatic carbocycles. The van der Waals surface area contributed by atoms with E-state index in [2.05, 4.69) is 14.8 Å². The first-order chi connectivity index (χ1) is 10.2. The van der Waals surface area contributed by atoms with Crippen LogP contribution in [0.2, 0.25) is 0 Å². The molecule has 5 heteroatoms. The van der Waals surface area contributed by atoms with Crippen molar-refractivity contribution in [3.8, 4) is 0 Å². The number of hydrogen-bond acceptors (Lipinski definition) is 4. The highest BCUT2D eigenvalue weighted by molar-refractivity contribution is 5.79. The molecule has 2 saturated heterocycles. The molecule has 0 radical (unpaired) electrons. The van der Waals surface area contributed by atoms with Gasteiger partial charge in [-0.05, 0) is 37.0 Å². The van der Waals surface area contributed by atoms with Crippen LogP contribution in [-0.4, -0.2) is 57.6 Å². The van der Waals surface area contributed by atoms with Crippen LogP contribution in [0.5, 0.6) is 0 Å². The molecule has 5 nitrogen and oxygen atoms in total. The van der Waals surface area contributed by atoms with E-state index in [0.29, 0.717) is 13.0 Å². The minimum absolute atomic E-state index is 0.0340. The van der Waals surface area contributed by atoms with Gasteiger partial charge in [-0.2, -0.15) is 0 Å². The van der Waals surface area contributed by atoms with Gasteiger partial charge in [0, 0.05) is 50.5 Å². The van der Waals surface area contributed by atoms with Gasteiger partial charge in [-0.25, -0.2) is 0 Å². The topological polar surface area (TPSA) is 56.7 Å². The Hall–Kier alpha value is -1.46. The van der Waals surface area contributed by atoms with Crippen LogP contribution in [0.15, 0.2) is 24.5 Å². The lowest BCUT2D eigenvalue weighted by Gasteiger charge is -2.45. The molecule has 1 spiro atoms. The minimum atomic E-state index is 0.0340. The third kappa shape index (κ3) is 2.94. The summed E-state index contributed by atoms with van der Waals surface area (Å²) in [6, 6.07) is 3.97. The van der Waals surface area contributed by atoms with Gasteiger partial charge in [-0.15, -0.1) is 0 Å². The van der Waals surface area contributed by atoms with Crippen molar-refractivity contribution in [3.63, 3.8) is 0 Å². The Balaban J connectivity index is 1.71. The monoisotopic (exact) mass is 289 g/mol. The summed E-state index contributed by atoms with van der Waals surface area (Å²) in [7, 11) is 0. The molecule has 2 aliphatic heterocycles. The maximum absolute atomic E-state index is 12.3. The fourth-order valence-corrected chi connectivity index (χ4v) is 3.65. The Morgan fingerprint density at radius 1 is 1.19 bits per heavy atom. The van der Waals surface area contributed by atoms with Gasteiger partial charge in [0.15, 0.2) is 0 Å². The van der Waals surface area contributed by atoms with Gasteiger partial charge in [0.25, 0.3) is 0 Å². The standard InChI is InChI=1S/C16H23N3O2/c20-12-11-18-9-5-16(6-10-18)4-1-15(21)19(16)13-14-2-7-17-8-3-14/h2-3,7-8,20H,1,4-6,9-13H2. The molecule has 2 fully saturated rings. The van der Waals surface area contributed by atoms with Crippen molar-refractivity contribution >= 4 is 5.91 Å². The Morgan fingerprint density at radius 2 is 1.90 bits per heavy atom. The highest BCUT2D eigenvalue weighted by Crippen LogP contribution is 2.39. The molecule has 1 N–H and O–H groups in total. The number of pyridine rings is 1. The van der Waals surface area contributed by atoms with Crippen LogP contribution in [0.4, 0.5) is 0 Å². The number of hydrogen-bond donors (Lipinski definition) is 1. The van der Waals surface area contributed by atoms with Crippen LogP contribution in [0.3, 0.4) is 0 Å². The second kappa shape index (κ2) is 6.12. The normalized spacial score (nSPS) is 22.1. The van der Waals surface area contributed by atoms with Crippen LogP contribution in [0, 0.1) is 0 Å². The summed E-state index contributed by atoms with van der Waals surface area (Å²) in [5.41, 5.74) is 1.18. The number of β-amino-alcohol motifs (C(OH)–C–C–N with tert-alkyl or cyclic N) is 1. The Bertz CT molecular complexity index is 484. The summed E-state index contributed by atoms with van der Waals surface area (Å²) < 4.78 is 0. The molecule has 0 saturated carbocycles. The van der Waals surface area contributed by atoms with Crippen LogP contribution in [-0.2, 0) is 11.3 Å². The van der Waals surface area contributed by atoms with Crippen LogP contribution < -0.4 is 0 Å². The van der Waals surface area contributed by atoms with Gasteiger partial charge in [-0.3, -0.25) is 9.78 Å². The molecule has 3 rings (SSSR count). The van der Waals surface area contributed by atoms with Crippen LogP contribution in [0.25, 0.3) is 0 Å². The molecule has 0 atom stereocenters. The van der Waals surface area contributed by atoms with Crippen molar-refractivity contribution in [2.24, 2.45) is 0 Å². The van der Waals surface area contributed by atoms with Crippen molar-refractivity contribution in [1.29, 1.82) is 0 Å². The first-order valence-corrected chi connectivity index (χ1v) is 7.76.